The summed E-state index contributed by atoms with van der Waals surface area (Å²) in [4.78, 5) is 19.2. The zero-order valence-corrected chi connectivity index (χ0v) is 10.9. The molecule has 1 aliphatic rings. The van der Waals surface area contributed by atoms with Crippen molar-refractivity contribution in [3.05, 3.63) is 16.1 Å². The lowest BCUT2D eigenvalue weighted by Crippen LogP contribution is -2.44. The molecule has 0 aromatic carbocycles. The van der Waals surface area contributed by atoms with E-state index in [2.05, 4.69) is 4.98 Å². The predicted molar refractivity (Wildman–Crippen MR) is 67.2 cm³/mol. The van der Waals surface area contributed by atoms with E-state index in [1.54, 1.807) is 5.51 Å². The number of aromatic nitrogens is 1. The van der Waals surface area contributed by atoms with Gasteiger partial charge in [-0.25, -0.2) is 4.98 Å². The van der Waals surface area contributed by atoms with Crippen LogP contribution in [0.1, 0.15) is 41.0 Å². The molecule has 0 saturated carbocycles. The Kier molecular flexibility index (Phi) is 4.12. The van der Waals surface area contributed by atoms with Gasteiger partial charge in [-0.2, -0.15) is 0 Å². The van der Waals surface area contributed by atoms with Crippen LogP contribution in [0.25, 0.3) is 0 Å². The number of piperidine rings is 1. The highest BCUT2D eigenvalue weighted by Crippen LogP contribution is 2.24. The maximum atomic E-state index is 12.4. The van der Waals surface area contributed by atoms with Gasteiger partial charge in [-0.05, 0) is 32.6 Å². The zero-order chi connectivity index (χ0) is 12.3. The average molecular weight is 254 g/mol. The number of carbonyl (C=O) groups excluding carboxylic acids is 1. The first-order valence-corrected chi connectivity index (χ1v) is 6.94. The molecule has 17 heavy (non-hydrogen) atoms. The van der Waals surface area contributed by atoms with Gasteiger partial charge in [0.05, 0.1) is 11.2 Å². The third-order valence-corrected chi connectivity index (χ3v) is 4.21. The second kappa shape index (κ2) is 5.60. The summed E-state index contributed by atoms with van der Waals surface area (Å²) in [5.74, 6) is 0.0863. The van der Waals surface area contributed by atoms with Gasteiger partial charge >= 0.3 is 0 Å². The number of likely N-dealkylation sites (tertiary alicyclic amines) is 1. The van der Waals surface area contributed by atoms with Gasteiger partial charge in [-0.1, -0.05) is 0 Å². The molecule has 1 aliphatic heterocycles. The Morgan fingerprint density at radius 2 is 2.47 bits per heavy atom. The quantitative estimate of drug-likeness (QED) is 0.895. The number of carbonyl (C=O) groups is 1. The van der Waals surface area contributed by atoms with Crippen LogP contribution in [0.3, 0.4) is 0 Å². The smallest absolute Gasteiger partial charge is 0.266 e. The molecule has 0 spiro atoms. The van der Waals surface area contributed by atoms with E-state index in [0.717, 1.165) is 36.4 Å². The molecule has 4 nitrogen and oxygen atoms in total. The van der Waals surface area contributed by atoms with Gasteiger partial charge in [0.25, 0.3) is 5.91 Å². The highest BCUT2D eigenvalue weighted by atomic mass is 32.1. The molecule has 1 aromatic heterocycles. The van der Waals surface area contributed by atoms with Gasteiger partial charge < -0.3 is 10.0 Å². The summed E-state index contributed by atoms with van der Waals surface area (Å²) in [5.41, 5.74) is 2.53. The fourth-order valence-electron chi connectivity index (χ4n) is 2.35. The third kappa shape index (κ3) is 2.66. The number of amides is 1. The van der Waals surface area contributed by atoms with Crippen molar-refractivity contribution in [2.45, 2.75) is 38.6 Å². The van der Waals surface area contributed by atoms with Crippen LogP contribution in [0, 0.1) is 6.92 Å². The molecule has 1 unspecified atom stereocenters. The zero-order valence-electron chi connectivity index (χ0n) is 10.1. The van der Waals surface area contributed by atoms with Gasteiger partial charge in [0.1, 0.15) is 4.88 Å². The molecule has 2 rings (SSSR count). The van der Waals surface area contributed by atoms with Crippen LogP contribution >= 0.6 is 11.3 Å². The molecular weight excluding hydrogens is 236 g/mol. The Balaban J connectivity index is 2.14. The Bertz CT molecular complexity index is 390. The summed E-state index contributed by atoms with van der Waals surface area (Å²) in [6.07, 6.45) is 3.90. The first kappa shape index (κ1) is 12.5. The average Bonchev–Trinajstić information content (AvgIpc) is 2.76. The highest BCUT2D eigenvalue weighted by Gasteiger charge is 2.28. The minimum atomic E-state index is 0.0863. The third-order valence-electron chi connectivity index (χ3n) is 3.29. The van der Waals surface area contributed by atoms with Crippen LogP contribution < -0.4 is 0 Å². The largest absolute Gasteiger partial charge is 0.396 e. The van der Waals surface area contributed by atoms with Gasteiger partial charge in [-0.15, -0.1) is 11.3 Å². The summed E-state index contributed by atoms with van der Waals surface area (Å²) in [6, 6.07) is 0.197. The lowest BCUT2D eigenvalue weighted by atomic mass is 9.99. The molecular formula is C12H18N2O2S. The summed E-state index contributed by atoms with van der Waals surface area (Å²) in [5, 5.41) is 9.06. The van der Waals surface area contributed by atoms with Crippen LogP contribution in [-0.2, 0) is 0 Å². The van der Waals surface area contributed by atoms with E-state index in [1.807, 2.05) is 11.8 Å². The number of aliphatic hydroxyl groups excluding tert-OH is 1. The molecule has 0 bridgehead atoms. The second-order valence-electron chi connectivity index (χ2n) is 4.43. The molecule has 1 amide bonds. The van der Waals surface area contributed by atoms with E-state index in [4.69, 9.17) is 5.11 Å². The fourth-order valence-corrected chi connectivity index (χ4v) is 3.11. The van der Waals surface area contributed by atoms with Gasteiger partial charge in [0.2, 0.25) is 0 Å². The number of nitrogens with zero attached hydrogens (tertiary/aromatic N) is 2. The van der Waals surface area contributed by atoms with E-state index < -0.39 is 0 Å². The van der Waals surface area contributed by atoms with E-state index in [1.165, 1.54) is 11.3 Å². The number of thiazole rings is 1. The monoisotopic (exact) mass is 254 g/mol. The number of hydrogen-bond donors (Lipinski definition) is 1. The van der Waals surface area contributed by atoms with Crippen molar-refractivity contribution in [3.8, 4) is 0 Å². The number of aliphatic hydroxyl groups is 1. The van der Waals surface area contributed by atoms with Crippen molar-refractivity contribution in [2.75, 3.05) is 13.2 Å². The Hall–Kier alpha value is -0.940. The molecule has 5 heteroatoms. The van der Waals surface area contributed by atoms with Crippen LogP contribution in [0.5, 0.6) is 0 Å². The summed E-state index contributed by atoms with van der Waals surface area (Å²) < 4.78 is 0. The molecule has 94 valence electrons. The van der Waals surface area contributed by atoms with Crippen molar-refractivity contribution in [1.82, 2.24) is 9.88 Å². The van der Waals surface area contributed by atoms with E-state index in [0.29, 0.717) is 6.42 Å². The van der Waals surface area contributed by atoms with Crippen molar-refractivity contribution in [1.29, 1.82) is 0 Å². The molecule has 2 heterocycles. The Morgan fingerprint density at radius 3 is 3.12 bits per heavy atom. The molecule has 1 aromatic rings. The van der Waals surface area contributed by atoms with Gasteiger partial charge in [-0.3, -0.25) is 4.79 Å². The lowest BCUT2D eigenvalue weighted by molar-refractivity contribution is 0.0578. The van der Waals surface area contributed by atoms with E-state index in [-0.39, 0.29) is 18.6 Å². The Labute approximate surface area is 105 Å². The highest BCUT2D eigenvalue weighted by molar-refractivity contribution is 7.11. The molecule has 1 fully saturated rings. The normalized spacial score (nSPS) is 20.6. The maximum absolute atomic E-state index is 12.4. The van der Waals surface area contributed by atoms with E-state index >= 15 is 0 Å². The maximum Gasteiger partial charge on any atom is 0.266 e. The first-order chi connectivity index (χ1) is 8.24. The first-order valence-electron chi connectivity index (χ1n) is 6.06. The minimum Gasteiger partial charge on any atom is -0.396 e. The summed E-state index contributed by atoms with van der Waals surface area (Å²) >= 11 is 1.41. The second-order valence-corrected chi connectivity index (χ2v) is 5.28. The SMILES string of the molecule is Cc1ncsc1C(=O)N1CCCCC1CCO. The Morgan fingerprint density at radius 1 is 1.65 bits per heavy atom. The van der Waals surface area contributed by atoms with Crippen molar-refractivity contribution in [2.24, 2.45) is 0 Å². The lowest BCUT2D eigenvalue weighted by Gasteiger charge is -2.35. The van der Waals surface area contributed by atoms with Crippen molar-refractivity contribution < 1.29 is 9.90 Å². The van der Waals surface area contributed by atoms with Crippen LogP contribution in [-0.4, -0.2) is 40.1 Å². The molecule has 1 N–H and O–H groups in total. The molecule has 0 aliphatic carbocycles. The predicted octanol–water partition coefficient (Wildman–Crippen LogP) is 1.83. The van der Waals surface area contributed by atoms with Crippen molar-refractivity contribution in [3.63, 3.8) is 0 Å². The minimum absolute atomic E-state index is 0.0863. The summed E-state index contributed by atoms with van der Waals surface area (Å²) in [7, 11) is 0. The van der Waals surface area contributed by atoms with Crippen LogP contribution in [0.2, 0.25) is 0 Å². The van der Waals surface area contributed by atoms with Crippen LogP contribution in [0.15, 0.2) is 5.51 Å². The number of hydrogen-bond acceptors (Lipinski definition) is 4. The number of aryl methyl sites for hydroxylation is 1. The molecule has 1 atom stereocenters. The summed E-state index contributed by atoms with van der Waals surface area (Å²) in [6.45, 7) is 2.83. The van der Waals surface area contributed by atoms with Crippen molar-refractivity contribution >= 4 is 17.2 Å². The molecule has 0 radical (unpaired) electrons. The topological polar surface area (TPSA) is 53.4 Å². The van der Waals surface area contributed by atoms with Gasteiger partial charge in [0, 0.05) is 19.2 Å². The fraction of sp³-hybridized carbons (Fsp3) is 0.667. The standard InChI is InChI=1S/C12H18N2O2S/c1-9-11(17-8-13-9)12(16)14-6-3-2-4-10(14)5-7-15/h8,10,15H,2-7H2,1H3. The number of rotatable bonds is 3. The van der Waals surface area contributed by atoms with Crippen LogP contribution in [0.4, 0.5) is 0 Å². The molecule has 1 saturated heterocycles. The van der Waals surface area contributed by atoms with E-state index in [9.17, 15) is 4.79 Å². The van der Waals surface area contributed by atoms with Gasteiger partial charge in [0.15, 0.2) is 0 Å².